The summed E-state index contributed by atoms with van der Waals surface area (Å²) in [6.07, 6.45) is 0. The molecule has 0 fully saturated rings. The van der Waals surface area contributed by atoms with Crippen molar-refractivity contribution in [2.24, 2.45) is 0 Å². The van der Waals surface area contributed by atoms with E-state index in [1.807, 2.05) is 20.8 Å². The third kappa shape index (κ3) is 5.33. The smallest absolute Gasteiger partial charge is 0.257 e. The van der Waals surface area contributed by atoms with Crippen molar-refractivity contribution >= 4 is 34.6 Å². The van der Waals surface area contributed by atoms with E-state index in [1.165, 1.54) is 19.2 Å². The molecule has 1 aromatic heterocycles. The van der Waals surface area contributed by atoms with Crippen LogP contribution in [0.1, 0.15) is 42.4 Å². The normalized spacial score (nSPS) is 11.2. The number of halogens is 2. The molecule has 0 saturated carbocycles. The summed E-state index contributed by atoms with van der Waals surface area (Å²) in [5.74, 6) is -0.196. The van der Waals surface area contributed by atoms with Crippen LogP contribution in [0.25, 0.3) is 0 Å². The number of nitrogens with zero attached hydrogens (tertiary/aromatic N) is 1. The monoisotopic (exact) mass is 441 g/mol. The zero-order valence-electron chi connectivity index (χ0n) is 18.1. The van der Waals surface area contributed by atoms with E-state index in [0.717, 1.165) is 5.56 Å². The number of carbonyl (C=O) groups excluding carboxylic acids is 1. The Kier molecular flexibility index (Phi) is 6.51. The largest absolute Gasteiger partial charge is 0.481 e. The van der Waals surface area contributed by atoms with Gasteiger partial charge in [0.2, 0.25) is 5.88 Å². The minimum Gasteiger partial charge on any atom is -0.481 e. The number of hydrogen-bond acceptors (Lipinski definition) is 4. The second-order valence-electron chi connectivity index (χ2n) is 8.20. The molecule has 0 saturated heterocycles. The molecule has 0 unspecified atom stereocenters. The molecule has 31 heavy (non-hydrogen) atoms. The first kappa shape index (κ1) is 22.6. The molecule has 0 aliphatic rings. The molecule has 5 nitrogen and oxygen atoms in total. The number of amides is 1. The molecule has 3 aromatic rings. The lowest BCUT2D eigenvalue weighted by Gasteiger charge is -2.24. The standard InChI is InChI=1S/C24H25ClFN3O2/c1-14-19(10-11-22(27-14)31-5)29-23(30)17-12-15(25)6-8-20(17)28-21-9-7-16(26)13-18(21)24(2,3)4/h6-13,28H,1-5H3,(H,29,30). The summed E-state index contributed by atoms with van der Waals surface area (Å²) >= 11 is 6.18. The Bertz CT molecular complexity index is 1130. The highest BCUT2D eigenvalue weighted by Gasteiger charge is 2.21. The van der Waals surface area contributed by atoms with Crippen molar-refractivity contribution in [2.75, 3.05) is 17.7 Å². The fourth-order valence-electron chi connectivity index (χ4n) is 3.18. The van der Waals surface area contributed by atoms with Gasteiger partial charge in [-0.15, -0.1) is 0 Å². The number of aromatic nitrogens is 1. The van der Waals surface area contributed by atoms with Gasteiger partial charge in [-0.1, -0.05) is 32.4 Å². The zero-order valence-corrected chi connectivity index (χ0v) is 18.9. The molecule has 0 atom stereocenters. The maximum atomic E-state index is 13.9. The van der Waals surface area contributed by atoms with Gasteiger partial charge in [-0.25, -0.2) is 9.37 Å². The molecule has 162 valence electrons. The third-order valence-corrected chi connectivity index (χ3v) is 5.04. The summed E-state index contributed by atoms with van der Waals surface area (Å²) in [5, 5.41) is 6.58. The van der Waals surface area contributed by atoms with Gasteiger partial charge < -0.3 is 15.4 Å². The third-order valence-electron chi connectivity index (χ3n) is 4.80. The molecule has 0 aliphatic heterocycles. The molecule has 7 heteroatoms. The molecule has 0 aliphatic carbocycles. The highest BCUT2D eigenvalue weighted by atomic mass is 35.5. The summed E-state index contributed by atoms with van der Waals surface area (Å²) < 4.78 is 19.0. The van der Waals surface area contributed by atoms with Crippen LogP contribution in [0.5, 0.6) is 5.88 Å². The minimum absolute atomic E-state index is 0.300. The molecule has 3 rings (SSSR count). The van der Waals surface area contributed by atoms with Crippen molar-refractivity contribution in [2.45, 2.75) is 33.1 Å². The quantitative estimate of drug-likeness (QED) is 0.475. The summed E-state index contributed by atoms with van der Waals surface area (Å²) in [4.78, 5) is 17.4. The number of anilines is 3. The minimum atomic E-state index is -0.348. The number of rotatable bonds is 5. The van der Waals surface area contributed by atoms with Crippen LogP contribution in [-0.2, 0) is 5.41 Å². The van der Waals surface area contributed by atoms with Crippen LogP contribution >= 0.6 is 11.6 Å². The predicted molar refractivity (Wildman–Crippen MR) is 123 cm³/mol. The van der Waals surface area contributed by atoms with Crippen LogP contribution in [-0.4, -0.2) is 18.0 Å². The highest BCUT2D eigenvalue weighted by molar-refractivity contribution is 6.31. The van der Waals surface area contributed by atoms with E-state index in [1.54, 1.807) is 43.3 Å². The van der Waals surface area contributed by atoms with Gasteiger partial charge in [0, 0.05) is 16.8 Å². The van der Waals surface area contributed by atoms with Crippen molar-refractivity contribution in [3.05, 3.63) is 76.2 Å². The summed E-state index contributed by atoms with van der Waals surface area (Å²) in [7, 11) is 1.53. The Balaban J connectivity index is 1.96. The molecule has 0 bridgehead atoms. The number of hydrogen-bond donors (Lipinski definition) is 2. The summed E-state index contributed by atoms with van der Waals surface area (Å²) in [6, 6.07) is 13.0. The van der Waals surface area contributed by atoms with Gasteiger partial charge in [-0.2, -0.15) is 0 Å². The van der Waals surface area contributed by atoms with E-state index in [-0.39, 0.29) is 17.1 Å². The first-order valence-electron chi connectivity index (χ1n) is 9.78. The second-order valence-corrected chi connectivity index (χ2v) is 8.63. The van der Waals surface area contributed by atoms with E-state index in [4.69, 9.17) is 16.3 Å². The Morgan fingerprint density at radius 3 is 2.35 bits per heavy atom. The van der Waals surface area contributed by atoms with Gasteiger partial charge in [0.05, 0.1) is 29.7 Å². The second kappa shape index (κ2) is 8.94. The van der Waals surface area contributed by atoms with Gasteiger partial charge >= 0.3 is 0 Å². The molecule has 1 amide bonds. The Morgan fingerprint density at radius 2 is 1.71 bits per heavy atom. The summed E-state index contributed by atoms with van der Waals surface area (Å²) in [6.45, 7) is 7.79. The van der Waals surface area contributed by atoms with Gasteiger partial charge in [0.25, 0.3) is 5.91 Å². The van der Waals surface area contributed by atoms with Gasteiger partial charge in [-0.3, -0.25) is 4.79 Å². The summed E-state index contributed by atoms with van der Waals surface area (Å²) in [5.41, 5.74) is 3.30. The maximum Gasteiger partial charge on any atom is 0.257 e. The van der Waals surface area contributed by atoms with Gasteiger partial charge in [0.1, 0.15) is 5.82 Å². The van der Waals surface area contributed by atoms with Gasteiger partial charge in [-0.05, 0) is 60.4 Å². The lowest BCUT2D eigenvalue weighted by molar-refractivity contribution is 0.102. The molecule has 0 radical (unpaired) electrons. The number of benzene rings is 2. The van der Waals surface area contributed by atoms with Crippen LogP contribution in [0, 0.1) is 12.7 Å². The maximum absolute atomic E-state index is 13.9. The number of pyridine rings is 1. The predicted octanol–water partition coefficient (Wildman–Crippen LogP) is 6.48. The first-order valence-corrected chi connectivity index (χ1v) is 10.2. The highest BCUT2D eigenvalue weighted by Crippen LogP contribution is 2.34. The van der Waals surface area contributed by atoms with Crippen LogP contribution < -0.4 is 15.4 Å². The van der Waals surface area contributed by atoms with Crippen LogP contribution in [0.2, 0.25) is 5.02 Å². The number of methoxy groups -OCH3 is 1. The van der Waals surface area contributed by atoms with Crippen LogP contribution in [0.15, 0.2) is 48.5 Å². The van der Waals surface area contributed by atoms with E-state index in [2.05, 4.69) is 15.6 Å². The topological polar surface area (TPSA) is 63.2 Å². The van der Waals surface area contributed by atoms with E-state index in [9.17, 15) is 9.18 Å². The van der Waals surface area contributed by atoms with E-state index in [0.29, 0.717) is 39.2 Å². The molecular formula is C24H25ClFN3O2. The Morgan fingerprint density at radius 1 is 1.03 bits per heavy atom. The van der Waals surface area contributed by atoms with Crippen LogP contribution in [0.3, 0.4) is 0 Å². The zero-order chi connectivity index (χ0) is 22.8. The average molecular weight is 442 g/mol. The Hall–Kier alpha value is -3.12. The van der Waals surface area contributed by atoms with Crippen molar-refractivity contribution in [1.29, 1.82) is 0 Å². The lowest BCUT2D eigenvalue weighted by Crippen LogP contribution is -2.17. The first-order chi connectivity index (χ1) is 14.6. The fraction of sp³-hybridized carbons (Fsp3) is 0.250. The molecular weight excluding hydrogens is 417 g/mol. The van der Waals surface area contributed by atoms with Crippen molar-refractivity contribution in [1.82, 2.24) is 4.98 Å². The number of ether oxygens (including phenoxy) is 1. The van der Waals surface area contributed by atoms with Crippen molar-refractivity contribution in [3.8, 4) is 5.88 Å². The fourth-order valence-corrected chi connectivity index (χ4v) is 3.35. The molecule has 2 aromatic carbocycles. The van der Waals surface area contributed by atoms with Crippen molar-refractivity contribution in [3.63, 3.8) is 0 Å². The molecule has 1 heterocycles. The average Bonchev–Trinajstić information content (AvgIpc) is 2.71. The number of carbonyl (C=O) groups is 1. The SMILES string of the molecule is COc1ccc(NC(=O)c2cc(Cl)ccc2Nc2ccc(F)cc2C(C)(C)C)c(C)n1. The lowest BCUT2D eigenvalue weighted by atomic mass is 9.85. The van der Waals surface area contributed by atoms with Crippen LogP contribution in [0.4, 0.5) is 21.5 Å². The number of aryl methyl sites for hydroxylation is 1. The molecule has 0 spiro atoms. The van der Waals surface area contributed by atoms with E-state index >= 15 is 0 Å². The van der Waals surface area contributed by atoms with Crippen molar-refractivity contribution < 1.29 is 13.9 Å². The van der Waals surface area contributed by atoms with E-state index < -0.39 is 0 Å². The Labute approximate surface area is 186 Å². The van der Waals surface area contributed by atoms with Gasteiger partial charge in [0.15, 0.2) is 0 Å². The number of nitrogens with one attached hydrogen (secondary N) is 2. The molecule has 2 N–H and O–H groups in total.